The summed E-state index contributed by atoms with van der Waals surface area (Å²) in [5.41, 5.74) is 0.997. The Labute approximate surface area is 285 Å². The number of hydrogen-bond acceptors (Lipinski definition) is 10. The minimum absolute atomic E-state index is 0. The van der Waals surface area contributed by atoms with Crippen LogP contribution in [0.5, 0.6) is 0 Å². The maximum atomic E-state index is 12.6. The van der Waals surface area contributed by atoms with Gasteiger partial charge in [-0.15, -0.1) is 10.8 Å². The molecule has 1 saturated heterocycles. The van der Waals surface area contributed by atoms with E-state index in [1.165, 1.54) is 36.4 Å². The van der Waals surface area contributed by atoms with Gasteiger partial charge >= 0.3 is 22.5 Å². The molecule has 3 heterocycles. The smallest absolute Gasteiger partial charge is 0.572 e. The van der Waals surface area contributed by atoms with Crippen LogP contribution in [0.4, 0.5) is 11.4 Å². The predicted octanol–water partition coefficient (Wildman–Crippen LogP) is 5.84. The number of carbonyl (C=O) groups excluding carboxylic acids is 3. The molecule has 2 aromatic heterocycles. The van der Waals surface area contributed by atoms with Crippen molar-refractivity contribution in [3.63, 3.8) is 0 Å². The van der Waals surface area contributed by atoms with E-state index >= 15 is 0 Å². The van der Waals surface area contributed by atoms with Crippen LogP contribution in [-0.2, 0) is 40.9 Å². The second-order valence-electron chi connectivity index (χ2n) is 9.30. The first kappa shape index (κ1) is 36.7. The van der Waals surface area contributed by atoms with Gasteiger partial charge in [-0.2, -0.15) is 30.3 Å². The Hall–Kier alpha value is -5.79. The number of carbonyl (C=O) groups is 3. The quantitative estimate of drug-likeness (QED) is 0.0655. The zero-order valence-corrected chi connectivity index (χ0v) is 26.6. The van der Waals surface area contributed by atoms with E-state index in [4.69, 9.17) is 4.84 Å². The van der Waals surface area contributed by atoms with Crippen molar-refractivity contribution in [2.24, 2.45) is 0 Å². The summed E-state index contributed by atoms with van der Waals surface area (Å²) in [4.78, 5) is 56.4. The Morgan fingerprint density at radius 1 is 0.833 bits per heavy atom. The number of nitro benzene ring substituents is 1. The molecule has 15 heteroatoms. The van der Waals surface area contributed by atoms with Crippen LogP contribution in [0, 0.1) is 16.2 Å². The van der Waals surface area contributed by atoms with Gasteiger partial charge in [0.15, 0.2) is 0 Å². The molecule has 0 radical (unpaired) electrons. The number of nitro groups is 1. The molecule has 246 valence electrons. The minimum atomic E-state index is -4.26. The molecule has 1 aliphatic rings. The molecule has 0 unspecified atom stereocenters. The number of amides is 2. The number of rotatable bonds is 7. The van der Waals surface area contributed by atoms with E-state index in [0.717, 1.165) is 6.07 Å². The van der Waals surface area contributed by atoms with E-state index in [1.54, 1.807) is 67.1 Å². The largest absolute Gasteiger partial charge is 2.00 e. The number of hydrogen-bond donors (Lipinski definition) is 0. The fourth-order valence-corrected chi connectivity index (χ4v) is 5.10. The third-order valence-corrected chi connectivity index (χ3v) is 7.44. The number of pyridine rings is 2. The molecule has 13 nitrogen and oxygen atoms in total. The van der Waals surface area contributed by atoms with Crippen molar-refractivity contribution in [2.45, 2.75) is 17.7 Å². The van der Waals surface area contributed by atoms with Crippen molar-refractivity contribution >= 4 is 39.2 Å². The van der Waals surface area contributed by atoms with Crippen LogP contribution in [0.25, 0.3) is 16.0 Å². The van der Waals surface area contributed by atoms with Crippen LogP contribution >= 0.6 is 0 Å². The second kappa shape index (κ2) is 17.8. The number of nitrogens with zero attached hydrogens (tertiary/aromatic N) is 5. The Morgan fingerprint density at radius 2 is 1.44 bits per heavy atom. The van der Waals surface area contributed by atoms with Crippen LogP contribution < -0.4 is 0 Å². The SMILES string of the molecule is O=C(ON1C(=O)CCC1=O)c1cc[c-]cc1.O=[N+]([O-])c1ccccc1S(=O)(=O)[N-]c1ccccc1-c1ccccn1.[Ni+2].c1ccncc1. The van der Waals surface area contributed by atoms with Crippen LogP contribution in [0.2, 0.25) is 0 Å². The summed E-state index contributed by atoms with van der Waals surface area (Å²) in [6, 6.07) is 31.5. The van der Waals surface area contributed by atoms with E-state index in [0.29, 0.717) is 16.3 Å². The first-order valence-electron chi connectivity index (χ1n) is 13.8. The molecule has 48 heavy (non-hydrogen) atoms. The number of aromatic nitrogens is 2. The summed E-state index contributed by atoms with van der Waals surface area (Å²) in [7, 11) is -4.26. The van der Waals surface area contributed by atoms with E-state index in [9.17, 15) is 32.9 Å². The fraction of sp³-hybridized carbons (Fsp3) is 0.0606. The van der Waals surface area contributed by atoms with Crippen molar-refractivity contribution < 1.29 is 49.1 Å². The minimum Gasteiger partial charge on any atom is -0.572 e. The summed E-state index contributed by atoms with van der Waals surface area (Å²) in [5.74, 6) is -1.70. The summed E-state index contributed by atoms with van der Waals surface area (Å²) >= 11 is 0. The number of imide groups is 1. The first-order chi connectivity index (χ1) is 22.7. The second-order valence-corrected chi connectivity index (χ2v) is 10.9. The fourth-order valence-electron chi connectivity index (χ4n) is 3.93. The maximum absolute atomic E-state index is 12.6. The van der Waals surface area contributed by atoms with E-state index in [-0.39, 0.29) is 40.6 Å². The molecule has 5 aromatic rings. The first-order valence-corrected chi connectivity index (χ1v) is 15.2. The Bertz CT molecular complexity index is 1910. The zero-order valence-electron chi connectivity index (χ0n) is 24.8. The molecule has 0 N–H and O–H groups in total. The van der Waals surface area contributed by atoms with Crippen LogP contribution in [0.1, 0.15) is 23.2 Å². The van der Waals surface area contributed by atoms with Gasteiger partial charge in [-0.3, -0.25) is 29.7 Å². The molecule has 0 aliphatic carbocycles. The average molecular weight is 710 g/mol. The molecule has 6 rings (SSSR count). The van der Waals surface area contributed by atoms with E-state index < -0.39 is 43.3 Å². The number of sulfonamides is 1. The third kappa shape index (κ3) is 10.1. The van der Waals surface area contributed by atoms with Gasteiger partial charge in [-0.1, -0.05) is 48.5 Å². The summed E-state index contributed by atoms with van der Waals surface area (Å²) in [6.07, 6.45) is 5.27. The molecule has 3 aromatic carbocycles. The van der Waals surface area contributed by atoms with Gasteiger partial charge in [-0.05, 0) is 41.5 Å². The number of hydroxylamine groups is 2. The summed E-state index contributed by atoms with van der Waals surface area (Å²) < 4.78 is 29.0. The van der Waals surface area contributed by atoms with Crippen LogP contribution in [0.15, 0.2) is 133 Å². The molecule has 0 spiro atoms. The van der Waals surface area contributed by atoms with Crippen molar-refractivity contribution in [3.8, 4) is 11.3 Å². The standard InChI is InChI=1S/C17H12N3O4S.C11H8NO4.C5H5N.Ni/c21-20(22)16-10-3-4-11-17(16)25(23,24)19-15-9-2-1-7-13(15)14-8-5-6-12-18-14;13-9-6-7-10(14)12(9)16-11(15)8-4-2-1-3-5-8;1-2-4-6-5-3-1;/h1-12H;2-5H,6-7H2;1-5H;/q2*-1;;+2. The monoisotopic (exact) mass is 709 g/mol. The van der Waals surface area contributed by atoms with Crippen molar-refractivity contribution in [3.05, 3.63) is 154 Å². The molecular weight excluding hydrogens is 685 g/mol. The van der Waals surface area contributed by atoms with Crippen molar-refractivity contribution in [1.29, 1.82) is 0 Å². The van der Waals surface area contributed by atoms with Gasteiger partial charge in [-0.25, -0.2) is 13.2 Å². The average Bonchev–Trinajstić information content (AvgIpc) is 3.42. The molecule has 0 bridgehead atoms. The zero-order chi connectivity index (χ0) is 33.6. The van der Waals surface area contributed by atoms with Crippen LogP contribution in [-0.4, -0.2) is 46.2 Å². The Morgan fingerprint density at radius 3 is 2.02 bits per heavy atom. The topological polar surface area (TPSA) is 181 Å². The maximum Gasteiger partial charge on any atom is 2.00 e. The third-order valence-electron chi connectivity index (χ3n) is 6.10. The molecular formula is C33H25N5NiO8S. The van der Waals surface area contributed by atoms with Crippen molar-refractivity contribution in [2.75, 3.05) is 0 Å². The van der Waals surface area contributed by atoms with Gasteiger partial charge in [0.25, 0.3) is 17.5 Å². The predicted molar refractivity (Wildman–Crippen MR) is 169 cm³/mol. The molecule has 1 aliphatic heterocycles. The molecule has 0 saturated carbocycles. The van der Waals surface area contributed by atoms with E-state index in [1.807, 2.05) is 18.2 Å². The normalized spacial score (nSPS) is 11.9. The van der Waals surface area contributed by atoms with Gasteiger partial charge in [0.1, 0.15) is 14.9 Å². The summed E-state index contributed by atoms with van der Waals surface area (Å²) in [6.45, 7) is 0. The number of benzene rings is 3. The molecule has 0 atom stereocenters. The summed E-state index contributed by atoms with van der Waals surface area (Å²) in [5, 5.41) is 11.6. The van der Waals surface area contributed by atoms with Crippen LogP contribution in [0.3, 0.4) is 0 Å². The van der Waals surface area contributed by atoms with Crippen molar-refractivity contribution in [1.82, 2.24) is 15.0 Å². The Kier molecular flexibility index (Phi) is 13.6. The van der Waals surface area contributed by atoms with Gasteiger partial charge in [0.2, 0.25) is 0 Å². The van der Waals surface area contributed by atoms with Gasteiger partial charge in [0.05, 0.1) is 10.6 Å². The Balaban J connectivity index is 0.000000231. The molecule has 1 fully saturated rings. The van der Waals surface area contributed by atoms with Gasteiger partial charge < -0.3 is 9.56 Å². The van der Waals surface area contributed by atoms with Gasteiger partial charge in [0, 0.05) is 37.5 Å². The number of para-hydroxylation sites is 1. The van der Waals surface area contributed by atoms with E-state index in [2.05, 4.69) is 20.8 Å². The molecule has 2 amide bonds.